The third-order valence-corrected chi connectivity index (χ3v) is 4.07. The lowest BCUT2D eigenvalue weighted by Crippen LogP contribution is -3.18. The lowest BCUT2D eigenvalue weighted by atomic mass is 10.0. The molecule has 0 aliphatic carbocycles. The van der Waals surface area contributed by atoms with Crippen molar-refractivity contribution in [1.82, 2.24) is 0 Å². The van der Waals surface area contributed by atoms with Crippen molar-refractivity contribution in [2.75, 3.05) is 26.3 Å². The van der Waals surface area contributed by atoms with E-state index in [1.807, 2.05) is 0 Å². The van der Waals surface area contributed by atoms with Gasteiger partial charge in [-0.1, -0.05) is 6.07 Å². The molecule has 3 atom stereocenters. The molecule has 1 aliphatic rings. The zero-order chi connectivity index (χ0) is 15.9. The third kappa shape index (κ3) is 4.66. The molecule has 22 heavy (non-hydrogen) atoms. The highest BCUT2D eigenvalue weighted by atomic mass is 16.6. The lowest BCUT2D eigenvalue weighted by Gasteiger charge is -2.32. The van der Waals surface area contributed by atoms with Gasteiger partial charge in [-0.25, -0.2) is 0 Å². The zero-order valence-corrected chi connectivity index (χ0v) is 12.5. The summed E-state index contributed by atoms with van der Waals surface area (Å²) in [6, 6.07) is 6.10. The van der Waals surface area contributed by atoms with Gasteiger partial charge in [-0.05, 0) is 18.9 Å². The molecular formula is C15H23N2O5+. The molecule has 7 nitrogen and oxygen atoms in total. The van der Waals surface area contributed by atoms with Crippen molar-refractivity contribution in [3.63, 3.8) is 0 Å². The quantitative estimate of drug-likeness (QED) is 0.477. The fraction of sp³-hybridized carbons (Fsp3) is 0.600. The van der Waals surface area contributed by atoms with Crippen LogP contribution in [0.4, 0.5) is 5.69 Å². The van der Waals surface area contributed by atoms with Crippen LogP contribution < -0.4 is 9.64 Å². The molecule has 0 saturated carbocycles. The summed E-state index contributed by atoms with van der Waals surface area (Å²) in [6.45, 7) is 1.68. The van der Waals surface area contributed by atoms with Gasteiger partial charge >= 0.3 is 0 Å². The topological polar surface area (TPSA) is 97.3 Å². The van der Waals surface area contributed by atoms with Gasteiger partial charge in [0.2, 0.25) is 0 Å². The number of benzene rings is 1. The van der Waals surface area contributed by atoms with Gasteiger partial charge in [0.1, 0.15) is 31.0 Å². The van der Waals surface area contributed by atoms with Gasteiger partial charge < -0.3 is 19.8 Å². The minimum absolute atomic E-state index is 0.0333. The van der Waals surface area contributed by atoms with E-state index >= 15 is 0 Å². The maximum atomic E-state index is 10.7. The molecule has 1 heterocycles. The number of hydrogen-bond donors (Lipinski definition) is 3. The van der Waals surface area contributed by atoms with Crippen LogP contribution >= 0.6 is 0 Å². The predicted molar refractivity (Wildman–Crippen MR) is 80.0 cm³/mol. The Hall–Kier alpha value is -1.70. The first-order valence-electron chi connectivity index (χ1n) is 7.61. The number of rotatable bonds is 7. The normalized spacial score (nSPS) is 23.0. The van der Waals surface area contributed by atoms with Crippen LogP contribution in [-0.2, 0) is 0 Å². The Morgan fingerprint density at radius 1 is 1.45 bits per heavy atom. The van der Waals surface area contributed by atoms with Gasteiger partial charge in [-0.15, -0.1) is 0 Å². The van der Waals surface area contributed by atoms with Crippen LogP contribution in [0.15, 0.2) is 24.3 Å². The number of nitro benzene ring substituents is 1. The molecule has 1 fully saturated rings. The third-order valence-electron chi connectivity index (χ3n) is 4.07. The maximum Gasteiger partial charge on any atom is 0.273 e. The molecule has 0 aromatic heterocycles. The van der Waals surface area contributed by atoms with Crippen LogP contribution in [0.1, 0.15) is 19.3 Å². The van der Waals surface area contributed by atoms with Crippen molar-refractivity contribution >= 4 is 5.69 Å². The number of likely N-dealkylation sites (tertiary alicyclic amines) is 1. The number of hydrogen-bond acceptors (Lipinski definition) is 5. The van der Waals surface area contributed by atoms with Gasteiger partial charge in [0.05, 0.1) is 24.1 Å². The first kappa shape index (κ1) is 16.7. The fourth-order valence-corrected chi connectivity index (χ4v) is 2.88. The van der Waals surface area contributed by atoms with E-state index in [1.54, 1.807) is 12.1 Å². The molecule has 3 N–H and O–H groups in total. The van der Waals surface area contributed by atoms with Crippen LogP contribution in [-0.4, -0.2) is 53.6 Å². The first-order chi connectivity index (χ1) is 10.6. The highest BCUT2D eigenvalue weighted by molar-refractivity contribution is 5.37. The molecule has 0 amide bonds. The Balaban J connectivity index is 1.83. The smallest absolute Gasteiger partial charge is 0.273 e. The standard InChI is InChI=1S/C15H22N2O5/c18-10-13-4-1-2-7-16(13)9-14(19)11-22-15-6-3-5-12(8-15)17(20)21/h3,5-6,8,13-14,18-19H,1-2,4,7,9-11H2/p+1/t13-,14+/m1/s1. The Kier molecular flexibility index (Phi) is 6.11. The van der Waals surface area contributed by atoms with Crippen molar-refractivity contribution < 1.29 is 24.8 Å². The van der Waals surface area contributed by atoms with Crippen molar-refractivity contribution in [1.29, 1.82) is 0 Å². The molecule has 1 aromatic carbocycles. The van der Waals surface area contributed by atoms with Gasteiger partial charge in [0, 0.05) is 12.5 Å². The van der Waals surface area contributed by atoms with E-state index < -0.39 is 11.0 Å². The number of non-ortho nitro benzene ring substituents is 1. The Morgan fingerprint density at radius 2 is 2.27 bits per heavy atom. The number of aliphatic hydroxyl groups is 2. The van der Waals surface area contributed by atoms with Crippen molar-refractivity contribution in [2.45, 2.75) is 31.4 Å². The summed E-state index contributed by atoms with van der Waals surface area (Å²) in [4.78, 5) is 11.4. The molecule has 122 valence electrons. The summed E-state index contributed by atoms with van der Waals surface area (Å²) >= 11 is 0. The van der Waals surface area contributed by atoms with Crippen molar-refractivity contribution in [3.05, 3.63) is 34.4 Å². The number of piperidine rings is 1. The number of nitrogens with zero attached hydrogens (tertiary/aromatic N) is 1. The molecule has 1 aromatic rings. The van der Waals surface area contributed by atoms with E-state index in [0.717, 1.165) is 25.8 Å². The second kappa shape index (κ2) is 8.07. The number of aliphatic hydroxyl groups excluding tert-OH is 2. The maximum absolute atomic E-state index is 10.7. The second-order valence-corrected chi connectivity index (χ2v) is 5.71. The molecule has 7 heteroatoms. The predicted octanol–water partition coefficient (Wildman–Crippen LogP) is -0.236. The van der Waals surface area contributed by atoms with Gasteiger partial charge in [0.15, 0.2) is 0 Å². The molecule has 1 aliphatic heterocycles. The van der Waals surface area contributed by atoms with E-state index in [2.05, 4.69) is 0 Å². The van der Waals surface area contributed by atoms with E-state index in [9.17, 15) is 20.3 Å². The van der Waals surface area contributed by atoms with Gasteiger partial charge in [-0.3, -0.25) is 10.1 Å². The summed E-state index contributed by atoms with van der Waals surface area (Å²) in [6.07, 6.45) is 2.53. The number of quaternary nitrogens is 1. The second-order valence-electron chi connectivity index (χ2n) is 5.71. The highest BCUT2D eigenvalue weighted by Gasteiger charge is 2.27. The van der Waals surface area contributed by atoms with Crippen molar-refractivity contribution in [3.8, 4) is 5.75 Å². The van der Waals surface area contributed by atoms with E-state index in [4.69, 9.17) is 4.74 Å². The average Bonchev–Trinajstić information content (AvgIpc) is 2.53. The molecule has 2 rings (SSSR count). The van der Waals surface area contributed by atoms with E-state index in [-0.39, 0.29) is 24.9 Å². The monoisotopic (exact) mass is 311 g/mol. The van der Waals surface area contributed by atoms with Crippen LogP contribution in [0, 0.1) is 10.1 Å². The van der Waals surface area contributed by atoms with Gasteiger partial charge in [0.25, 0.3) is 5.69 Å². The molecule has 0 bridgehead atoms. The zero-order valence-electron chi connectivity index (χ0n) is 12.5. The average molecular weight is 311 g/mol. The summed E-state index contributed by atoms with van der Waals surface area (Å²) in [5.74, 6) is 0.376. The minimum atomic E-state index is -0.665. The number of nitrogens with one attached hydrogen (secondary N) is 1. The molecule has 0 radical (unpaired) electrons. The van der Waals surface area contributed by atoms with Crippen LogP contribution in [0.25, 0.3) is 0 Å². The number of nitro groups is 1. The van der Waals surface area contributed by atoms with Crippen LogP contribution in [0.2, 0.25) is 0 Å². The summed E-state index contributed by atoms with van der Waals surface area (Å²) in [5, 5.41) is 30.2. The SMILES string of the molecule is O=[N+]([O-])c1cccc(OC[C@@H](O)C[NH+]2CCCC[C@@H]2CO)c1. The first-order valence-corrected chi connectivity index (χ1v) is 7.61. The Labute approximate surface area is 129 Å². The summed E-state index contributed by atoms with van der Waals surface area (Å²) < 4.78 is 5.44. The molecular weight excluding hydrogens is 288 g/mol. The van der Waals surface area contributed by atoms with E-state index in [0.29, 0.717) is 12.3 Å². The summed E-state index contributed by atoms with van der Waals surface area (Å²) in [7, 11) is 0. The molecule has 0 spiro atoms. The van der Waals surface area contributed by atoms with Gasteiger partial charge in [-0.2, -0.15) is 0 Å². The largest absolute Gasteiger partial charge is 0.490 e. The molecule has 1 unspecified atom stereocenters. The Bertz CT molecular complexity index is 497. The van der Waals surface area contributed by atoms with Crippen LogP contribution in [0.3, 0.4) is 0 Å². The fourth-order valence-electron chi connectivity index (χ4n) is 2.88. The molecule has 1 saturated heterocycles. The number of ether oxygens (including phenoxy) is 1. The Morgan fingerprint density at radius 3 is 3.00 bits per heavy atom. The minimum Gasteiger partial charge on any atom is -0.490 e. The van der Waals surface area contributed by atoms with Crippen molar-refractivity contribution in [2.24, 2.45) is 0 Å². The lowest BCUT2D eigenvalue weighted by molar-refractivity contribution is -0.933. The summed E-state index contributed by atoms with van der Waals surface area (Å²) in [5.41, 5.74) is -0.0333. The van der Waals surface area contributed by atoms with E-state index in [1.165, 1.54) is 17.0 Å². The van der Waals surface area contributed by atoms with Crippen LogP contribution in [0.5, 0.6) is 5.75 Å². The highest BCUT2D eigenvalue weighted by Crippen LogP contribution is 2.19.